The largest absolute Gasteiger partial charge is 0.464 e. The van der Waals surface area contributed by atoms with Crippen LogP contribution >= 0.6 is 0 Å². The molecule has 0 atom stereocenters. The summed E-state index contributed by atoms with van der Waals surface area (Å²) < 4.78 is 14.3. The Morgan fingerprint density at radius 3 is 2.82 bits per heavy atom. The number of aryl methyl sites for hydroxylation is 1. The molecule has 5 nitrogen and oxygen atoms in total. The zero-order chi connectivity index (χ0) is 12.6. The number of benzene rings is 1. The van der Waals surface area contributed by atoms with Gasteiger partial charge >= 0.3 is 6.09 Å². The van der Waals surface area contributed by atoms with Crippen molar-refractivity contribution < 1.29 is 14.3 Å². The van der Waals surface area contributed by atoms with Gasteiger partial charge in [-0.25, -0.2) is 19.3 Å². The standard InChI is InChI=1S/C11H9FN2O3/c1-6-5-7-3-2-4-8(12)9(7)10(15)14(6)13-11(16)17/h2-5,13H,1H3,(H,16,17). The lowest BCUT2D eigenvalue weighted by Crippen LogP contribution is -2.34. The predicted molar refractivity (Wildman–Crippen MR) is 60.3 cm³/mol. The van der Waals surface area contributed by atoms with Gasteiger partial charge in [-0.1, -0.05) is 12.1 Å². The van der Waals surface area contributed by atoms with Crippen molar-refractivity contribution >= 4 is 16.9 Å². The summed E-state index contributed by atoms with van der Waals surface area (Å²) in [4.78, 5) is 22.4. The molecule has 0 bridgehead atoms. The SMILES string of the molecule is Cc1cc2cccc(F)c2c(=O)n1NC(=O)O. The Kier molecular flexibility index (Phi) is 2.55. The topological polar surface area (TPSA) is 71.3 Å². The molecule has 1 aromatic heterocycles. The highest BCUT2D eigenvalue weighted by molar-refractivity contribution is 5.83. The van der Waals surface area contributed by atoms with Crippen molar-refractivity contribution in [2.75, 3.05) is 5.43 Å². The van der Waals surface area contributed by atoms with Crippen LogP contribution in [0.2, 0.25) is 0 Å². The summed E-state index contributed by atoms with van der Waals surface area (Å²) in [6, 6.07) is 5.78. The van der Waals surface area contributed by atoms with Gasteiger partial charge in [-0.05, 0) is 24.4 Å². The molecule has 2 rings (SSSR count). The van der Waals surface area contributed by atoms with Crippen LogP contribution in [-0.4, -0.2) is 15.9 Å². The molecular weight excluding hydrogens is 227 g/mol. The van der Waals surface area contributed by atoms with Crippen molar-refractivity contribution in [3.8, 4) is 0 Å². The van der Waals surface area contributed by atoms with E-state index in [1.807, 2.05) is 5.43 Å². The number of fused-ring (bicyclic) bond motifs is 1. The molecule has 0 aliphatic rings. The highest BCUT2D eigenvalue weighted by Gasteiger charge is 2.11. The van der Waals surface area contributed by atoms with Gasteiger partial charge in [0.05, 0.1) is 5.39 Å². The van der Waals surface area contributed by atoms with Crippen molar-refractivity contribution in [1.29, 1.82) is 0 Å². The highest BCUT2D eigenvalue weighted by Crippen LogP contribution is 2.14. The van der Waals surface area contributed by atoms with E-state index >= 15 is 0 Å². The minimum atomic E-state index is -1.38. The molecule has 17 heavy (non-hydrogen) atoms. The number of hydrogen-bond acceptors (Lipinski definition) is 2. The van der Waals surface area contributed by atoms with Gasteiger partial charge in [0.2, 0.25) is 0 Å². The average Bonchev–Trinajstić information content (AvgIpc) is 2.23. The van der Waals surface area contributed by atoms with Gasteiger partial charge in [-0.3, -0.25) is 4.79 Å². The van der Waals surface area contributed by atoms with Crippen LogP contribution in [0.3, 0.4) is 0 Å². The molecule has 0 aliphatic heterocycles. The van der Waals surface area contributed by atoms with Gasteiger partial charge < -0.3 is 5.11 Å². The van der Waals surface area contributed by atoms with Crippen LogP contribution in [0, 0.1) is 12.7 Å². The van der Waals surface area contributed by atoms with Gasteiger partial charge in [0.25, 0.3) is 5.56 Å². The molecule has 0 spiro atoms. The number of aromatic nitrogens is 1. The molecule has 0 radical (unpaired) electrons. The van der Waals surface area contributed by atoms with E-state index in [9.17, 15) is 14.0 Å². The van der Waals surface area contributed by atoms with E-state index in [-0.39, 0.29) is 5.39 Å². The van der Waals surface area contributed by atoms with Crippen LogP contribution < -0.4 is 11.0 Å². The smallest absolute Gasteiger partial charge is 0.424 e. The predicted octanol–water partition coefficient (Wildman–Crippen LogP) is 1.67. The first-order chi connectivity index (χ1) is 8.00. The van der Waals surface area contributed by atoms with Gasteiger partial charge in [-0.2, -0.15) is 0 Å². The number of nitrogens with one attached hydrogen (secondary N) is 1. The van der Waals surface area contributed by atoms with E-state index in [2.05, 4.69) is 0 Å². The second kappa shape index (κ2) is 3.89. The second-order valence-electron chi connectivity index (χ2n) is 3.55. The molecule has 1 heterocycles. The maximum absolute atomic E-state index is 13.5. The van der Waals surface area contributed by atoms with Crippen molar-refractivity contribution in [2.24, 2.45) is 0 Å². The molecule has 88 valence electrons. The molecule has 0 unspecified atom stereocenters. The lowest BCUT2D eigenvalue weighted by molar-refractivity contribution is 0.206. The Morgan fingerprint density at radius 1 is 1.47 bits per heavy atom. The molecule has 0 saturated carbocycles. The van der Waals surface area contributed by atoms with Crippen molar-refractivity contribution in [1.82, 2.24) is 4.68 Å². The lowest BCUT2D eigenvalue weighted by Gasteiger charge is -2.10. The second-order valence-corrected chi connectivity index (χ2v) is 3.55. The summed E-state index contributed by atoms with van der Waals surface area (Å²) in [6.07, 6.45) is -1.38. The Hall–Kier alpha value is -2.37. The highest BCUT2D eigenvalue weighted by atomic mass is 19.1. The molecule has 2 N–H and O–H groups in total. The third kappa shape index (κ3) is 1.84. The van der Waals surface area contributed by atoms with E-state index in [4.69, 9.17) is 5.11 Å². The van der Waals surface area contributed by atoms with Gasteiger partial charge in [0.15, 0.2) is 0 Å². The fourth-order valence-electron chi connectivity index (χ4n) is 1.68. The monoisotopic (exact) mass is 236 g/mol. The van der Waals surface area contributed by atoms with E-state index in [1.54, 1.807) is 13.0 Å². The average molecular weight is 236 g/mol. The number of nitrogens with zero attached hydrogens (tertiary/aromatic N) is 1. The number of pyridine rings is 1. The van der Waals surface area contributed by atoms with E-state index in [0.29, 0.717) is 11.1 Å². The van der Waals surface area contributed by atoms with Gasteiger partial charge in [0.1, 0.15) is 5.82 Å². The number of hydrogen-bond donors (Lipinski definition) is 2. The molecule has 2 aromatic rings. The van der Waals surface area contributed by atoms with E-state index in [0.717, 1.165) is 10.7 Å². The maximum Gasteiger partial charge on any atom is 0.424 e. The Morgan fingerprint density at radius 2 is 2.18 bits per heavy atom. The fourth-order valence-corrected chi connectivity index (χ4v) is 1.68. The Balaban J connectivity index is 2.83. The van der Waals surface area contributed by atoms with Crippen LogP contribution in [0.4, 0.5) is 9.18 Å². The summed E-state index contributed by atoms with van der Waals surface area (Å²) in [6.45, 7) is 1.56. The molecule has 1 amide bonds. The summed E-state index contributed by atoms with van der Waals surface area (Å²) >= 11 is 0. The van der Waals surface area contributed by atoms with Gasteiger partial charge in [0, 0.05) is 5.69 Å². The summed E-state index contributed by atoms with van der Waals surface area (Å²) in [5, 5.41) is 8.90. The molecule has 0 saturated heterocycles. The maximum atomic E-state index is 13.5. The van der Waals surface area contributed by atoms with Crippen LogP contribution in [-0.2, 0) is 0 Å². The molecular formula is C11H9FN2O3. The van der Waals surface area contributed by atoms with E-state index in [1.165, 1.54) is 12.1 Å². The summed E-state index contributed by atoms with van der Waals surface area (Å²) in [5.74, 6) is -0.673. The number of rotatable bonds is 1. The number of carbonyl (C=O) groups is 1. The summed E-state index contributed by atoms with van der Waals surface area (Å²) in [5.41, 5.74) is 1.58. The fraction of sp³-hybridized carbons (Fsp3) is 0.0909. The van der Waals surface area contributed by atoms with Crippen molar-refractivity contribution in [3.63, 3.8) is 0 Å². The van der Waals surface area contributed by atoms with Crippen LogP contribution in [0.1, 0.15) is 5.69 Å². The summed E-state index contributed by atoms with van der Waals surface area (Å²) in [7, 11) is 0. The normalized spacial score (nSPS) is 10.5. The van der Waals surface area contributed by atoms with Crippen LogP contribution in [0.15, 0.2) is 29.1 Å². The van der Waals surface area contributed by atoms with Gasteiger partial charge in [-0.15, -0.1) is 0 Å². The molecule has 0 aliphatic carbocycles. The van der Waals surface area contributed by atoms with Crippen LogP contribution in [0.5, 0.6) is 0 Å². The molecule has 1 aromatic carbocycles. The first-order valence-corrected chi connectivity index (χ1v) is 4.81. The minimum absolute atomic E-state index is 0.133. The van der Waals surface area contributed by atoms with E-state index < -0.39 is 17.5 Å². The zero-order valence-corrected chi connectivity index (χ0v) is 8.90. The quantitative estimate of drug-likeness (QED) is 0.791. The Labute approximate surface area is 95.1 Å². The Bertz CT molecular complexity index is 664. The third-order valence-electron chi connectivity index (χ3n) is 2.39. The first kappa shape index (κ1) is 11.1. The number of carboxylic acid groups (broad SMARTS) is 1. The lowest BCUT2D eigenvalue weighted by atomic mass is 10.1. The first-order valence-electron chi connectivity index (χ1n) is 4.81. The van der Waals surface area contributed by atoms with Crippen molar-refractivity contribution in [3.05, 3.63) is 46.1 Å². The number of halogens is 1. The van der Waals surface area contributed by atoms with Crippen molar-refractivity contribution in [2.45, 2.75) is 6.92 Å². The minimum Gasteiger partial charge on any atom is -0.464 e. The zero-order valence-electron chi connectivity index (χ0n) is 8.90. The third-order valence-corrected chi connectivity index (χ3v) is 2.39. The molecule has 6 heteroatoms. The number of amides is 1. The molecule has 0 fully saturated rings. The van der Waals surface area contributed by atoms with Crippen LogP contribution in [0.25, 0.3) is 10.8 Å².